The van der Waals surface area contributed by atoms with Crippen LogP contribution in [-0.2, 0) is 6.42 Å². The molecule has 4 heteroatoms. The summed E-state index contributed by atoms with van der Waals surface area (Å²) >= 11 is 7.74. The molecule has 0 spiro atoms. The summed E-state index contributed by atoms with van der Waals surface area (Å²) in [5.74, 6) is 0. The van der Waals surface area contributed by atoms with Crippen LogP contribution < -0.4 is 5.73 Å². The van der Waals surface area contributed by atoms with Crippen molar-refractivity contribution in [3.8, 4) is 0 Å². The largest absolute Gasteiger partial charge is 0.324 e. The molecule has 0 radical (unpaired) electrons. The summed E-state index contributed by atoms with van der Waals surface area (Å²) in [4.78, 5) is 3.96. The second kappa shape index (κ2) is 4.95. The van der Waals surface area contributed by atoms with Gasteiger partial charge in [-0.25, -0.2) is 0 Å². The molecule has 2 heterocycles. The zero-order valence-corrected chi connectivity index (χ0v) is 10.6. The molecule has 84 valence electrons. The van der Waals surface area contributed by atoms with Crippen molar-refractivity contribution >= 4 is 22.9 Å². The number of halogens is 1. The molecule has 1 unspecified atom stereocenters. The molecule has 0 aliphatic heterocycles. The lowest BCUT2D eigenvalue weighted by Gasteiger charge is -2.12. The highest BCUT2D eigenvalue weighted by atomic mass is 35.5. The van der Waals surface area contributed by atoms with Gasteiger partial charge < -0.3 is 5.73 Å². The molecule has 2 aromatic rings. The average Bonchev–Trinajstić information content (AvgIpc) is 2.68. The zero-order valence-electron chi connectivity index (χ0n) is 8.98. The summed E-state index contributed by atoms with van der Waals surface area (Å²) in [6.45, 7) is 2.08. The minimum Gasteiger partial charge on any atom is -0.324 e. The van der Waals surface area contributed by atoms with Gasteiger partial charge in [0.15, 0.2) is 0 Å². The fourth-order valence-corrected chi connectivity index (χ4v) is 2.78. The smallest absolute Gasteiger partial charge is 0.0622 e. The van der Waals surface area contributed by atoms with E-state index in [1.165, 1.54) is 11.1 Å². The summed E-state index contributed by atoms with van der Waals surface area (Å²) in [7, 11) is 0. The maximum atomic E-state index is 6.17. The van der Waals surface area contributed by atoms with Gasteiger partial charge in [0.25, 0.3) is 0 Å². The number of pyridine rings is 1. The highest BCUT2D eigenvalue weighted by molar-refractivity contribution is 7.08. The van der Waals surface area contributed by atoms with Crippen molar-refractivity contribution in [1.29, 1.82) is 0 Å². The average molecular weight is 253 g/mol. The summed E-state index contributed by atoms with van der Waals surface area (Å²) in [5, 5.41) is 4.91. The number of nitrogens with zero attached hydrogens (tertiary/aromatic N) is 1. The van der Waals surface area contributed by atoms with Gasteiger partial charge in [-0.1, -0.05) is 11.6 Å². The van der Waals surface area contributed by atoms with Crippen LogP contribution in [0.3, 0.4) is 0 Å². The maximum Gasteiger partial charge on any atom is 0.0622 e. The molecule has 0 amide bonds. The second-order valence-electron chi connectivity index (χ2n) is 3.79. The Kier molecular flexibility index (Phi) is 3.59. The standard InChI is InChI=1S/C12H13ClN2S/c1-8-6-16-7-10(8)12(14)4-9-2-3-15-5-11(9)13/h2-3,5-7,12H,4,14H2,1H3. The summed E-state index contributed by atoms with van der Waals surface area (Å²) in [5.41, 5.74) is 9.68. The highest BCUT2D eigenvalue weighted by Crippen LogP contribution is 2.25. The number of hydrogen-bond acceptors (Lipinski definition) is 3. The van der Waals surface area contributed by atoms with Gasteiger partial charge in [0.05, 0.1) is 5.02 Å². The van der Waals surface area contributed by atoms with Crippen molar-refractivity contribution in [1.82, 2.24) is 4.98 Å². The van der Waals surface area contributed by atoms with Gasteiger partial charge in [-0.2, -0.15) is 11.3 Å². The van der Waals surface area contributed by atoms with E-state index in [0.29, 0.717) is 5.02 Å². The van der Waals surface area contributed by atoms with Crippen LogP contribution in [0.4, 0.5) is 0 Å². The van der Waals surface area contributed by atoms with Gasteiger partial charge in [-0.3, -0.25) is 4.98 Å². The summed E-state index contributed by atoms with van der Waals surface area (Å²) in [6.07, 6.45) is 4.15. The van der Waals surface area contributed by atoms with Crippen molar-refractivity contribution in [2.24, 2.45) is 5.73 Å². The molecule has 0 aliphatic rings. The summed E-state index contributed by atoms with van der Waals surface area (Å²) < 4.78 is 0. The third-order valence-electron chi connectivity index (χ3n) is 2.59. The fourth-order valence-electron chi connectivity index (χ4n) is 1.67. The minimum atomic E-state index is 0.00569. The Labute approximate surface area is 104 Å². The Morgan fingerprint density at radius 1 is 1.50 bits per heavy atom. The van der Waals surface area contributed by atoms with Crippen molar-refractivity contribution in [3.63, 3.8) is 0 Å². The second-order valence-corrected chi connectivity index (χ2v) is 4.94. The van der Waals surface area contributed by atoms with Crippen LogP contribution in [0.15, 0.2) is 29.2 Å². The normalized spacial score (nSPS) is 12.7. The fraction of sp³-hybridized carbons (Fsp3) is 0.250. The molecule has 0 saturated heterocycles. The van der Waals surface area contributed by atoms with E-state index >= 15 is 0 Å². The van der Waals surface area contributed by atoms with Gasteiger partial charge in [-0.15, -0.1) is 0 Å². The monoisotopic (exact) mass is 252 g/mol. The maximum absolute atomic E-state index is 6.17. The zero-order chi connectivity index (χ0) is 11.5. The van der Waals surface area contributed by atoms with E-state index in [0.717, 1.165) is 12.0 Å². The van der Waals surface area contributed by atoms with Gasteiger partial charge in [0.2, 0.25) is 0 Å². The first-order valence-electron chi connectivity index (χ1n) is 5.05. The Bertz CT molecular complexity index is 481. The van der Waals surface area contributed by atoms with Crippen LogP contribution in [0.2, 0.25) is 5.02 Å². The van der Waals surface area contributed by atoms with E-state index in [4.69, 9.17) is 17.3 Å². The van der Waals surface area contributed by atoms with Crippen LogP contribution in [0.1, 0.15) is 22.7 Å². The first-order chi connectivity index (χ1) is 7.68. The SMILES string of the molecule is Cc1cscc1C(N)Cc1ccncc1Cl. The van der Waals surface area contributed by atoms with E-state index in [9.17, 15) is 0 Å². The van der Waals surface area contributed by atoms with Crippen LogP contribution in [0.25, 0.3) is 0 Å². The molecule has 0 aromatic carbocycles. The first-order valence-corrected chi connectivity index (χ1v) is 6.37. The van der Waals surface area contributed by atoms with Crippen molar-refractivity contribution in [2.75, 3.05) is 0 Å². The molecule has 2 aromatic heterocycles. The van der Waals surface area contributed by atoms with Gasteiger partial charge in [0.1, 0.15) is 0 Å². The van der Waals surface area contributed by atoms with Crippen LogP contribution in [-0.4, -0.2) is 4.98 Å². The van der Waals surface area contributed by atoms with E-state index in [2.05, 4.69) is 22.7 Å². The Morgan fingerprint density at radius 3 is 2.94 bits per heavy atom. The Morgan fingerprint density at radius 2 is 2.31 bits per heavy atom. The molecule has 2 rings (SSSR count). The van der Waals surface area contributed by atoms with Gasteiger partial charge in [0, 0.05) is 18.4 Å². The lowest BCUT2D eigenvalue weighted by Crippen LogP contribution is -2.13. The predicted octanol–water partition coefficient (Wildman–Crippen LogP) is 3.35. The number of hydrogen-bond donors (Lipinski definition) is 1. The number of aromatic nitrogens is 1. The summed E-state index contributed by atoms with van der Waals surface area (Å²) in [6, 6.07) is 1.93. The molecule has 0 saturated carbocycles. The quantitative estimate of drug-likeness (QED) is 0.910. The molecule has 16 heavy (non-hydrogen) atoms. The van der Waals surface area contributed by atoms with Crippen LogP contribution in [0.5, 0.6) is 0 Å². The third kappa shape index (κ3) is 2.43. The molecular weight excluding hydrogens is 240 g/mol. The van der Waals surface area contributed by atoms with E-state index in [1.807, 2.05) is 6.07 Å². The number of rotatable bonds is 3. The van der Waals surface area contributed by atoms with Crippen molar-refractivity contribution < 1.29 is 0 Å². The van der Waals surface area contributed by atoms with Crippen molar-refractivity contribution in [3.05, 3.63) is 50.9 Å². The Balaban J connectivity index is 2.17. The molecule has 2 nitrogen and oxygen atoms in total. The number of aryl methyl sites for hydroxylation is 1. The van der Waals surface area contributed by atoms with Crippen LogP contribution >= 0.6 is 22.9 Å². The molecule has 0 fully saturated rings. The first kappa shape index (κ1) is 11.6. The van der Waals surface area contributed by atoms with Crippen molar-refractivity contribution in [2.45, 2.75) is 19.4 Å². The van der Waals surface area contributed by atoms with E-state index in [1.54, 1.807) is 23.7 Å². The number of thiophene rings is 1. The van der Waals surface area contributed by atoms with Gasteiger partial charge >= 0.3 is 0 Å². The van der Waals surface area contributed by atoms with Crippen LogP contribution in [0, 0.1) is 6.92 Å². The van der Waals surface area contributed by atoms with E-state index < -0.39 is 0 Å². The molecular formula is C12H13ClN2S. The van der Waals surface area contributed by atoms with Gasteiger partial charge in [-0.05, 0) is 46.9 Å². The lowest BCUT2D eigenvalue weighted by atomic mass is 10.0. The highest BCUT2D eigenvalue weighted by Gasteiger charge is 2.12. The Hall–Kier alpha value is -0.900. The molecule has 0 bridgehead atoms. The molecule has 2 N–H and O–H groups in total. The molecule has 1 atom stereocenters. The lowest BCUT2D eigenvalue weighted by molar-refractivity contribution is 0.719. The minimum absolute atomic E-state index is 0.00569. The predicted molar refractivity (Wildman–Crippen MR) is 68.9 cm³/mol. The van der Waals surface area contributed by atoms with E-state index in [-0.39, 0.29) is 6.04 Å². The molecule has 0 aliphatic carbocycles. The topological polar surface area (TPSA) is 38.9 Å². The third-order valence-corrected chi connectivity index (χ3v) is 3.81. The number of nitrogens with two attached hydrogens (primary N) is 1.